The summed E-state index contributed by atoms with van der Waals surface area (Å²) in [6.45, 7) is 7.92. The molecule has 37 heavy (non-hydrogen) atoms. The molecule has 0 saturated heterocycles. The molecule has 3 amide bonds. The molecule has 0 unspecified atom stereocenters. The number of benzene rings is 2. The Morgan fingerprint density at radius 2 is 1.73 bits per heavy atom. The zero-order valence-electron chi connectivity index (χ0n) is 21.6. The normalized spacial score (nSPS) is 12.0. The maximum absolute atomic E-state index is 13.0. The average molecular weight is 526 g/mol. The van der Waals surface area contributed by atoms with E-state index in [4.69, 9.17) is 4.74 Å². The minimum absolute atomic E-state index is 0.207. The van der Waals surface area contributed by atoms with Gasteiger partial charge in [-0.25, -0.2) is 4.79 Å². The number of anilines is 1. The van der Waals surface area contributed by atoms with E-state index < -0.39 is 28.9 Å². The van der Waals surface area contributed by atoms with E-state index in [2.05, 4.69) is 39.5 Å². The van der Waals surface area contributed by atoms with Crippen molar-refractivity contribution < 1.29 is 19.1 Å². The van der Waals surface area contributed by atoms with Crippen LogP contribution >= 0.6 is 11.8 Å². The van der Waals surface area contributed by atoms with Gasteiger partial charge >= 0.3 is 6.09 Å². The highest BCUT2D eigenvalue weighted by atomic mass is 32.2. The number of aromatic amines is 1. The maximum atomic E-state index is 13.0. The van der Waals surface area contributed by atoms with Gasteiger partial charge in [-0.1, -0.05) is 55.1 Å². The molecule has 1 aromatic heterocycles. The van der Waals surface area contributed by atoms with E-state index >= 15 is 0 Å². The molecule has 1 heterocycles. The number of rotatable bonds is 9. The third kappa shape index (κ3) is 8.75. The molecule has 0 aliphatic heterocycles. The van der Waals surface area contributed by atoms with E-state index in [0.29, 0.717) is 12.3 Å². The summed E-state index contributed by atoms with van der Waals surface area (Å²) >= 11 is 1.05. The van der Waals surface area contributed by atoms with Crippen LogP contribution in [0.3, 0.4) is 0 Å². The number of amides is 3. The van der Waals surface area contributed by atoms with Gasteiger partial charge in [0.1, 0.15) is 11.6 Å². The average Bonchev–Trinajstić information content (AvgIpc) is 3.26. The van der Waals surface area contributed by atoms with E-state index in [1.54, 1.807) is 27.0 Å². The summed E-state index contributed by atoms with van der Waals surface area (Å²) in [5.41, 5.74) is 8.16. The smallest absolute Gasteiger partial charge is 0.408 e. The van der Waals surface area contributed by atoms with Gasteiger partial charge in [0.25, 0.3) is 11.1 Å². The number of ether oxygens (including phenoxy) is 1. The van der Waals surface area contributed by atoms with Gasteiger partial charge in [-0.15, -0.1) is 0 Å². The molecule has 3 aromatic rings. The topological polar surface area (TPSA) is 124 Å². The fourth-order valence-electron chi connectivity index (χ4n) is 3.75. The van der Waals surface area contributed by atoms with Crippen LogP contribution < -0.4 is 21.5 Å². The fourth-order valence-corrected chi connectivity index (χ4v) is 4.26. The van der Waals surface area contributed by atoms with Crippen molar-refractivity contribution in [1.82, 2.24) is 21.2 Å². The van der Waals surface area contributed by atoms with Gasteiger partial charge in [0.05, 0.1) is 0 Å². The second-order valence-corrected chi connectivity index (χ2v) is 10.5. The molecule has 10 heteroatoms. The van der Waals surface area contributed by atoms with Crippen LogP contribution in [0.5, 0.6) is 0 Å². The number of fused-ring (bicyclic) bond motifs is 1. The van der Waals surface area contributed by atoms with Gasteiger partial charge in [-0.2, -0.15) is 0 Å². The predicted octanol–water partition coefficient (Wildman–Crippen LogP) is 4.75. The molecule has 0 spiro atoms. The lowest BCUT2D eigenvalue weighted by molar-refractivity contribution is -0.123. The molecular formula is C27H35N5O4S. The molecule has 2 aromatic carbocycles. The first kappa shape index (κ1) is 27.9. The highest BCUT2D eigenvalue weighted by molar-refractivity contribution is 8.13. The van der Waals surface area contributed by atoms with Gasteiger partial charge in [-0.05, 0) is 50.5 Å². The van der Waals surface area contributed by atoms with Crippen LogP contribution in [0.4, 0.5) is 15.3 Å². The van der Waals surface area contributed by atoms with E-state index in [1.807, 2.05) is 42.5 Å². The number of thioether (sulfide) groups is 1. The van der Waals surface area contributed by atoms with Crippen molar-refractivity contribution in [2.75, 3.05) is 17.6 Å². The van der Waals surface area contributed by atoms with Crippen LogP contribution in [0, 0.1) is 0 Å². The number of H-pyrrole nitrogens is 1. The zero-order chi connectivity index (χ0) is 26.8. The monoisotopic (exact) mass is 525 g/mol. The van der Waals surface area contributed by atoms with Crippen LogP contribution in [0.1, 0.15) is 38.8 Å². The quantitative estimate of drug-likeness (QED) is 0.203. The molecule has 5 N–H and O–H groups in total. The third-order valence-electron chi connectivity index (χ3n) is 5.44. The molecule has 0 fully saturated rings. The second-order valence-electron chi connectivity index (χ2n) is 9.45. The van der Waals surface area contributed by atoms with E-state index in [-0.39, 0.29) is 6.42 Å². The van der Waals surface area contributed by atoms with Crippen molar-refractivity contribution in [3.8, 4) is 0 Å². The standard InChI is InChI=1S/C27H35N5O4S/c1-5-18-10-6-8-12-21(18)28-14-15-37-26(35)32-31-24(33)23(30-25(34)36-27(2,3)4)16-19-17-29-22-13-9-7-11-20(19)22/h6-13,17,23,28-29H,5,14-16H2,1-4H3,(H,30,34)(H,31,33)(H,32,35)/t23-/m1/s1. The molecular weight excluding hydrogens is 490 g/mol. The van der Waals surface area contributed by atoms with Crippen molar-refractivity contribution in [2.45, 2.75) is 52.2 Å². The van der Waals surface area contributed by atoms with Crippen molar-refractivity contribution in [2.24, 2.45) is 0 Å². The number of aromatic nitrogens is 1. The number of alkyl carbamates (subject to hydrolysis) is 1. The number of hydrazine groups is 1. The minimum atomic E-state index is -0.966. The van der Waals surface area contributed by atoms with Gasteiger partial charge in [0.15, 0.2) is 0 Å². The summed E-state index contributed by atoms with van der Waals surface area (Å²) in [5, 5.41) is 6.50. The number of hydrogen-bond acceptors (Lipinski definition) is 6. The van der Waals surface area contributed by atoms with Crippen molar-refractivity contribution >= 4 is 45.6 Å². The van der Waals surface area contributed by atoms with Crippen LogP contribution in [-0.2, 0) is 22.4 Å². The molecule has 198 valence electrons. The number of carbonyl (C=O) groups is 3. The molecule has 1 atom stereocenters. The Balaban J connectivity index is 1.54. The summed E-state index contributed by atoms with van der Waals surface area (Å²) < 4.78 is 5.33. The van der Waals surface area contributed by atoms with Gasteiger partial charge in [0.2, 0.25) is 0 Å². The van der Waals surface area contributed by atoms with E-state index in [9.17, 15) is 14.4 Å². The first-order valence-electron chi connectivity index (χ1n) is 12.2. The Morgan fingerprint density at radius 1 is 1.00 bits per heavy atom. The Kier molecular flexibility index (Phi) is 9.85. The number of para-hydroxylation sites is 2. The number of hydrogen-bond donors (Lipinski definition) is 5. The molecule has 0 aliphatic rings. The summed E-state index contributed by atoms with van der Waals surface area (Å²) in [7, 11) is 0. The molecule has 3 rings (SSSR count). The second kappa shape index (κ2) is 13.0. The number of nitrogens with one attached hydrogen (secondary N) is 5. The first-order chi connectivity index (χ1) is 17.7. The molecule has 0 aliphatic carbocycles. The lowest BCUT2D eigenvalue weighted by atomic mass is 10.0. The van der Waals surface area contributed by atoms with Crippen LogP contribution in [-0.4, -0.2) is 46.2 Å². The molecule has 0 radical (unpaired) electrons. The number of carbonyl (C=O) groups excluding carboxylic acids is 3. The summed E-state index contributed by atoms with van der Waals surface area (Å²) in [5.74, 6) is -0.0469. The minimum Gasteiger partial charge on any atom is -0.444 e. The van der Waals surface area contributed by atoms with Crippen molar-refractivity contribution in [3.05, 3.63) is 65.9 Å². The summed E-state index contributed by atoms with van der Waals surface area (Å²) in [4.78, 5) is 40.9. The van der Waals surface area contributed by atoms with Crippen LogP contribution in [0.25, 0.3) is 10.9 Å². The number of aryl methyl sites for hydroxylation is 1. The van der Waals surface area contributed by atoms with Crippen molar-refractivity contribution in [3.63, 3.8) is 0 Å². The maximum Gasteiger partial charge on any atom is 0.408 e. The third-order valence-corrected chi connectivity index (χ3v) is 6.22. The van der Waals surface area contributed by atoms with Gasteiger partial charge < -0.3 is 20.4 Å². The Hall–Kier alpha value is -3.66. The predicted molar refractivity (Wildman–Crippen MR) is 149 cm³/mol. The molecule has 9 nitrogen and oxygen atoms in total. The highest BCUT2D eigenvalue weighted by Gasteiger charge is 2.26. The van der Waals surface area contributed by atoms with Crippen LogP contribution in [0.2, 0.25) is 0 Å². The van der Waals surface area contributed by atoms with Gasteiger partial charge in [-0.3, -0.25) is 20.4 Å². The Labute approximate surface area is 221 Å². The lowest BCUT2D eigenvalue weighted by Crippen LogP contribution is -2.53. The largest absolute Gasteiger partial charge is 0.444 e. The summed E-state index contributed by atoms with van der Waals surface area (Å²) in [6, 6.07) is 14.8. The highest BCUT2D eigenvalue weighted by Crippen LogP contribution is 2.20. The Morgan fingerprint density at radius 3 is 2.49 bits per heavy atom. The summed E-state index contributed by atoms with van der Waals surface area (Å²) in [6.07, 6.45) is 2.21. The fraction of sp³-hybridized carbons (Fsp3) is 0.370. The molecule has 0 bridgehead atoms. The first-order valence-corrected chi connectivity index (χ1v) is 13.2. The van der Waals surface area contributed by atoms with E-state index in [0.717, 1.165) is 40.3 Å². The van der Waals surface area contributed by atoms with Crippen LogP contribution in [0.15, 0.2) is 54.7 Å². The van der Waals surface area contributed by atoms with Crippen molar-refractivity contribution in [1.29, 1.82) is 0 Å². The zero-order valence-corrected chi connectivity index (χ0v) is 22.5. The Bertz CT molecular complexity index is 1220. The SMILES string of the molecule is CCc1ccccc1NCCSC(=O)NNC(=O)[C@@H](Cc1c[nH]c2ccccc12)NC(=O)OC(C)(C)C. The van der Waals surface area contributed by atoms with E-state index in [1.165, 1.54) is 5.56 Å². The lowest BCUT2D eigenvalue weighted by Gasteiger charge is -2.23. The molecule has 0 saturated carbocycles. The van der Waals surface area contributed by atoms with Gasteiger partial charge in [0, 0.05) is 41.5 Å².